The number of halogens is 1. The highest BCUT2D eigenvalue weighted by Crippen LogP contribution is 2.31. The Labute approximate surface area is 103 Å². The molecule has 1 unspecified atom stereocenters. The van der Waals surface area contributed by atoms with Crippen LogP contribution >= 0.6 is 12.4 Å². The second kappa shape index (κ2) is 4.92. The predicted molar refractivity (Wildman–Crippen MR) is 65.8 cm³/mol. The van der Waals surface area contributed by atoms with Crippen molar-refractivity contribution in [2.45, 2.75) is 63.1 Å². The number of carbonyl (C=O) groups excluding carboxylic acids is 1. The van der Waals surface area contributed by atoms with Gasteiger partial charge in [-0.3, -0.25) is 4.79 Å². The fourth-order valence-electron chi connectivity index (χ4n) is 3.01. The minimum absolute atomic E-state index is 0. The van der Waals surface area contributed by atoms with Crippen molar-refractivity contribution in [2.75, 3.05) is 6.54 Å². The maximum Gasteiger partial charge on any atom is 0.224 e. The standard InChI is InChI=1S/C12H20N2O.ClH/c15-12-7-10(8-14(12)11-5-6-11)13-9-3-1-2-4-9;/h9-11,13H,1-8H2;1H. The predicted octanol–water partition coefficient (Wildman–Crippen LogP) is 1.70. The van der Waals surface area contributed by atoms with Crippen LogP contribution in [-0.4, -0.2) is 35.5 Å². The summed E-state index contributed by atoms with van der Waals surface area (Å²) >= 11 is 0. The number of carbonyl (C=O) groups is 1. The summed E-state index contributed by atoms with van der Waals surface area (Å²) in [5.41, 5.74) is 0. The van der Waals surface area contributed by atoms with E-state index < -0.39 is 0 Å². The Morgan fingerprint density at radius 3 is 2.38 bits per heavy atom. The number of amides is 1. The zero-order valence-electron chi connectivity index (χ0n) is 9.65. The van der Waals surface area contributed by atoms with Crippen LogP contribution in [0.4, 0.5) is 0 Å². The second-order valence-electron chi connectivity index (χ2n) is 5.33. The van der Waals surface area contributed by atoms with Crippen LogP contribution in [-0.2, 0) is 4.79 Å². The van der Waals surface area contributed by atoms with E-state index in [1.807, 2.05) is 0 Å². The van der Waals surface area contributed by atoms with Gasteiger partial charge in [-0.15, -0.1) is 12.4 Å². The highest BCUT2D eigenvalue weighted by atomic mass is 35.5. The molecule has 0 aromatic rings. The molecule has 2 saturated carbocycles. The van der Waals surface area contributed by atoms with Crippen molar-refractivity contribution in [2.24, 2.45) is 0 Å². The molecule has 0 aromatic carbocycles. The van der Waals surface area contributed by atoms with Crippen LogP contribution in [0.2, 0.25) is 0 Å². The second-order valence-corrected chi connectivity index (χ2v) is 5.33. The van der Waals surface area contributed by atoms with E-state index in [0.717, 1.165) is 13.0 Å². The number of likely N-dealkylation sites (tertiary alicyclic amines) is 1. The molecule has 16 heavy (non-hydrogen) atoms. The summed E-state index contributed by atoms with van der Waals surface area (Å²) in [6, 6.07) is 1.75. The SMILES string of the molecule is Cl.O=C1CC(NC2CCCC2)CN1C1CC1. The Morgan fingerprint density at radius 1 is 1.06 bits per heavy atom. The minimum atomic E-state index is 0. The van der Waals surface area contributed by atoms with E-state index in [4.69, 9.17) is 0 Å². The average Bonchev–Trinajstić information content (AvgIpc) is 2.81. The van der Waals surface area contributed by atoms with Crippen molar-refractivity contribution in [1.82, 2.24) is 10.2 Å². The summed E-state index contributed by atoms with van der Waals surface area (Å²) in [5.74, 6) is 0.382. The Morgan fingerprint density at radius 2 is 1.75 bits per heavy atom. The molecular weight excluding hydrogens is 224 g/mol. The summed E-state index contributed by atoms with van der Waals surface area (Å²) in [4.78, 5) is 13.8. The normalized spacial score (nSPS) is 30.9. The average molecular weight is 245 g/mol. The van der Waals surface area contributed by atoms with Crippen molar-refractivity contribution >= 4 is 18.3 Å². The fraction of sp³-hybridized carbons (Fsp3) is 0.917. The molecule has 3 aliphatic rings. The molecule has 1 heterocycles. The van der Waals surface area contributed by atoms with Gasteiger partial charge in [-0.25, -0.2) is 0 Å². The van der Waals surface area contributed by atoms with Crippen molar-refractivity contribution in [3.8, 4) is 0 Å². The van der Waals surface area contributed by atoms with Crippen molar-refractivity contribution in [1.29, 1.82) is 0 Å². The van der Waals surface area contributed by atoms with Crippen molar-refractivity contribution in [3.05, 3.63) is 0 Å². The van der Waals surface area contributed by atoms with Gasteiger partial charge < -0.3 is 10.2 Å². The molecule has 0 spiro atoms. The summed E-state index contributed by atoms with van der Waals surface area (Å²) in [5, 5.41) is 3.66. The van der Waals surface area contributed by atoms with Gasteiger partial charge in [-0.1, -0.05) is 12.8 Å². The van der Waals surface area contributed by atoms with E-state index in [2.05, 4.69) is 10.2 Å². The fourth-order valence-corrected chi connectivity index (χ4v) is 3.01. The molecule has 1 amide bonds. The van der Waals surface area contributed by atoms with Crippen LogP contribution in [0, 0.1) is 0 Å². The first-order chi connectivity index (χ1) is 7.33. The van der Waals surface area contributed by atoms with Gasteiger partial charge in [0.2, 0.25) is 5.91 Å². The van der Waals surface area contributed by atoms with E-state index in [9.17, 15) is 4.79 Å². The minimum Gasteiger partial charge on any atom is -0.338 e. The molecule has 4 heteroatoms. The number of nitrogens with one attached hydrogen (secondary N) is 1. The topological polar surface area (TPSA) is 32.3 Å². The Balaban J connectivity index is 0.000000963. The third-order valence-electron chi connectivity index (χ3n) is 3.97. The molecule has 1 saturated heterocycles. The number of rotatable bonds is 3. The monoisotopic (exact) mass is 244 g/mol. The van der Waals surface area contributed by atoms with E-state index in [0.29, 0.717) is 24.0 Å². The first-order valence-electron chi connectivity index (χ1n) is 6.38. The zero-order valence-corrected chi connectivity index (χ0v) is 10.5. The quantitative estimate of drug-likeness (QED) is 0.820. The lowest BCUT2D eigenvalue weighted by atomic mass is 10.2. The van der Waals surface area contributed by atoms with Crippen LogP contribution < -0.4 is 5.32 Å². The number of hydrogen-bond donors (Lipinski definition) is 1. The highest BCUT2D eigenvalue weighted by Gasteiger charge is 2.39. The van der Waals surface area contributed by atoms with Gasteiger partial charge in [0.25, 0.3) is 0 Å². The van der Waals surface area contributed by atoms with E-state index in [-0.39, 0.29) is 12.4 Å². The maximum absolute atomic E-state index is 11.7. The first-order valence-corrected chi connectivity index (χ1v) is 6.38. The van der Waals surface area contributed by atoms with Gasteiger partial charge >= 0.3 is 0 Å². The molecule has 1 atom stereocenters. The van der Waals surface area contributed by atoms with E-state index >= 15 is 0 Å². The molecule has 3 nitrogen and oxygen atoms in total. The third-order valence-corrected chi connectivity index (χ3v) is 3.97. The lowest BCUT2D eigenvalue weighted by Crippen LogP contribution is -2.39. The molecular formula is C12H21ClN2O. The first kappa shape index (κ1) is 12.2. The smallest absolute Gasteiger partial charge is 0.224 e. The maximum atomic E-state index is 11.7. The molecule has 2 aliphatic carbocycles. The van der Waals surface area contributed by atoms with Crippen molar-refractivity contribution < 1.29 is 4.79 Å². The van der Waals surface area contributed by atoms with Crippen LogP contribution in [0.3, 0.4) is 0 Å². The third kappa shape index (κ3) is 2.51. The van der Waals surface area contributed by atoms with Gasteiger partial charge in [-0.05, 0) is 25.7 Å². The Bertz CT molecular complexity index is 262. The van der Waals surface area contributed by atoms with Gasteiger partial charge in [-0.2, -0.15) is 0 Å². The molecule has 0 bridgehead atoms. The Hall–Kier alpha value is -0.280. The molecule has 1 aliphatic heterocycles. The lowest BCUT2D eigenvalue weighted by molar-refractivity contribution is -0.128. The summed E-state index contributed by atoms with van der Waals surface area (Å²) in [6.45, 7) is 0.972. The van der Waals surface area contributed by atoms with Gasteiger partial charge in [0.15, 0.2) is 0 Å². The summed E-state index contributed by atoms with van der Waals surface area (Å²) in [6.07, 6.45) is 8.58. The van der Waals surface area contributed by atoms with E-state index in [1.54, 1.807) is 0 Å². The molecule has 3 fully saturated rings. The molecule has 0 radical (unpaired) electrons. The summed E-state index contributed by atoms with van der Waals surface area (Å²) in [7, 11) is 0. The van der Waals surface area contributed by atoms with Crippen LogP contribution in [0.15, 0.2) is 0 Å². The lowest BCUT2D eigenvalue weighted by Gasteiger charge is -2.19. The van der Waals surface area contributed by atoms with Crippen LogP contribution in [0.1, 0.15) is 44.9 Å². The van der Waals surface area contributed by atoms with Crippen LogP contribution in [0.5, 0.6) is 0 Å². The van der Waals surface area contributed by atoms with E-state index in [1.165, 1.54) is 38.5 Å². The molecule has 3 rings (SSSR count). The summed E-state index contributed by atoms with van der Waals surface area (Å²) < 4.78 is 0. The van der Waals surface area contributed by atoms with Gasteiger partial charge in [0, 0.05) is 31.1 Å². The molecule has 92 valence electrons. The largest absolute Gasteiger partial charge is 0.338 e. The highest BCUT2D eigenvalue weighted by molar-refractivity contribution is 5.85. The van der Waals surface area contributed by atoms with Crippen molar-refractivity contribution in [3.63, 3.8) is 0 Å². The Kier molecular flexibility index (Phi) is 3.75. The van der Waals surface area contributed by atoms with Gasteiger partial charge in [0.05, 0.1) is 0 Å². The molecule has 1 N–H and O–H groups in total. The van der Waals surface area contributed by atoms with Crippen LogP contribution in [0.25, 0.3) is 0 Å². The zero-order chi connectivity index (χ0) is 10.3. The number of hydrogen-bond acceptors (Lipinski definition) is 2. The van der Waals surface area contributed by atoms with Gasteiger partial charge in [0.1, 0.15) is 0 Å². The number of nitrogens with zero attached hydrogens (tertiary/aromatic N) is 1. The molecule has 0 aromatic heterocycles.